The molecule has 0 bridgehead atoms. The molecule has 0 radical (unpaired) electrons. The lowest BCUT2D eigenvalue weighted by Gasteiger charge is -2.25. The number of carbonyl (C=O) groups excluding carboxylic acids is 1. The van der Waals surface area contributed by atoms with Crippen molar-refractivity contribution in [2.75, 3.05) is 11.4 Å². The van der Waals surface area contributed by atoms with Gasteiger partial charge >= 0.3 is 0 Å². The Kier molecular flexibility index (Phi) is 6.66. The average molecular weight is 353 g/mol. The third-order valence-electron chi connectivity index (χ3n) is 4.04. The molecule has 0 N–H and O–H groups in total. The number of aryl methyl sites for hydroxylation is 3. The van der Waals surface area contributed by atoms with E-state index in [0.717, 1.165) is 16.1 Å². The second kappa shape index (κ2) is 8.73. The smallest absolute Gasteiger partial charge is 0.240 e. The number of benzene rings is 2. The molecule has 0 spiro atoms. The van der Waals surface area contributed by atoms with Gasteiger partial charge in [0.15, 0.2) is 0 Å². The molecule has 4 heteroatoms. The fraction of sp³-hybridized carbons (Fsp3) is 0.333. The molecule has 1 atom stereocenters. The fourth-order valence-corrected chi connectivity index (χ4v) is 3.65. The highest BCUT2D eigenvalue weighted by Gasteiger charge is 2.23. The predicted molar refractivity (Wildman–Crippen MR) is 105 cm³/mol. The van der Waals surface area contributed by atoms with Crippen molar-refractivity contribution >= 4 is 23.4 Å². The van der Waals surface area contributed by atoms with Gasteiger partial charge in [-0.25, -0.2) is 0 Å². The van der Waals surface area contributed by atoms with Crippen molar-refractivity contribution in [3.8, 4) is 6.07 Å². The molecule has 25 heavy (non-hydrogen) atoms. The van der Waals surface area contributed by atoms with Crippen LogP contribution in [0.5, 0.6) is 0 Å². The molecule has 2 aromatic carbocycles. The third kappa shape index (κ3) is 5.11. The zero-order valence-corrected chi connectivity index (χ0v) is 16.1. The van der Waals surface area contributed by atoms with Crippen LogP contribution < -0.4 is 4.90 Å². The molecule has 0 aliphatic carbocycles. The van der Waals surface area contributed by atoms with E-state index in [1.165, 1.54) is 11.1 Å². The minimum Gasteiger partial charge on any atom is -0.310 e. The van der Waals surface area contributed by atoms with Crippen LogP contribution in [0.1, 0.15) is 30.0 Å². The van der Waals surface area contributed by atoms with Gasteiger partial charge in [0.05, 0.1) is 17.7 Å². The van der Waals surface area contributed by atoms with E-state index in [4.69, 9.17) is 5.26 Å². The first-order valence-electron chi connectivity index (χ1n) is 8.41. The van der Waals surface area contributed by atoms with Crippen LogP contribution in [0.2, 0.25) is 0 Å². The first-order chi connectivity index (χ1) is 11.9. The van der Waals surface area contributed by atoms with Crippen LogP contribution in [0.4, 0.5) is 5.69 Å². The molecule has 1 amide bonds. The number of nitriles is 1. The number of carbonyl (C=O) groups is 1. The summed E-state index contributed by atoms with van der Waals surface area (Å²) in [5, 5.41) is 8.71. The second-order valence-electron chi connectivity index (χ2n) is 6.26. The van der Waals surface area contributed by atoms with Crippen molar-refractivity contribution in [3.63, 3.8) is 0 Å². The molecule has 0 saturated heterocycles. The molecule has 0 heterocycles. The minimum atomic E-state index is -0.221. The molecule has 0 saturated carbocycles. The molecule has 130 valence electrons. The number of nitrogens with zero attached hydrogens (tertiary/aromatic N) is 2. The summed E-state index contributed by atoms with van der Waals surface area (Å²) in [5.74, 6) is 0.0316. The normalized spacial score (nSPS) is 11.6. The van der Waals surface area contributed by atoms with E-state index in [1.54, 1.807) is 16.7 Å². The number of hydrogen-bond donors (Lipinski definition) is 0. The van der Waals surface area contributed by atoms with Crippen molar-refractivity contribution in [1.29, 1.82) is 5.26 Å². The number of anilines is 1. The van der Waals surface area contributed by atoms with Crippen LogP contribution in [-0.4, -0.2) is 17.7 Å². The molecular formula is C21H24N2OS. The predicted octanol–water partition coefficient (Wildman–Crippen LogP) is 5.04. The van der Waals surface area contributed by atoms with E-state index in [0.29, 0.717) is 13.0 Å². The van der Waals surface area contributed by atoms with E-state index >= 15 is 0 Å². The van der Waals surface area contributed by atoms with Gasteiger partial charge < -0.3 is 4.90 Å². The lowest BCUT2D eigenvalue weighted by Crippen LogP contribution is -2.37. The average Bonchev–Trinajstić information content (AvgIpc) is 2.59. The molecule has 0 aliphatic heterocycles. The molecule has 2 aromatic rings. The Labute approximate surface area is 154 Å². The third-order valence-corrected chi connectivity index (χ3v) is 5.31. The van der Waals surface area contributed by atoms with Crippen LogP contribution in [0, 0.1) is 32.1 Å². The summed E-state index contributed by atoms with van der Waals surface area (Å²) in [6, 6.07) is 16.3. The van der Waals surface area contributed by atoms with Crippen molar-refractivity contribution in [3.05, 3.63) is 59.2 Å². The molecule has 0 aromatic heterocycles. The van der Waals surface area contributed by atoms with Crippen LogP contribution in [0.15, 0.2) is 47.4 Å². The van der Waals surface area contributed by atoms with Crippen molar-refractivity contribution in [2.24, 2.45) is 0 Å². The minimum absolute atomic E-state index is 0.0316. The lowest BCUT2D eigenvalue weighted by atomic mass is 10.2. The Balaban J connectivity index is 2.19. The first kappa shape index (κ1) is 19.1. The fourth-order valence-electron chi connectivity index (χ4n) is 2.64. The Morgan fingerprint density at radius 2 is 1.76 bits per heavy atom. The van der Waals surface area contributed by atoms with Gasteiger partial charge in [0.2, 0.25) is 5.91 Å². The second-order valence-corrected chi connectivity index (χ2v) is 7.65. The van der Waals surface area contributed by atoms with Gasteiger partial charge in [-0.15, -0.1) is 11.8 Å². The quantitative estimate of drug-likeness (QED) is 0.684. The van der Waals surface area contributed by atoms with E-state index in [-0.39, 0.29) is 11.2 Å². The van der Waals surface area contributed by atoms with Crippen molar-refractivity contribution < 1.29 is 4.79 Å². The van der Waals surface area contributed by atoms with Gasteiger partial charge in [0, 0.05) is 17.1 Å². The van der Waals surface area contributed by atoms with E-state index in [9.17, 15) is 4.79 Å². The van der Waals surface area contributed by atoms with Gasteiger partial charge in [-0.2, -0.15) is 5.26 Å². The Bertz CT molecular complexity index is 777. The van der Waals surface area contributed by atoms with Gasteiger partial charge in [-0.1, -0.05) is 35.4 Å². The molecule has 3 nitrogen and oxygen atoms in total. The van der Waals surface area contributed by atoms with Crippen LogP contribution in [0.25, 0.3) is 0 Å². The lowest BCUT2D eigenvalue weighted by molar-refractivity contribution is -0.117. The zero-order valence-electron chi connectivity index (χ0n) is 15.2. The molecule has 0 aliphatic rings. The van der Waals surface area contributed by atoms with E-state index < -0.39 is 0 Å². The zero-order chi connectivity index (χ0) is 18.4. The maximum absolute atomic E-state index is 13.0. The summed E-state index contributed by atoms with van der Waals surface area (Å²) in [6.45, 7) is 8.50. The number of amides is 1. The monoisotopic (exact) mass is 352 g/mol. The number of thioether (sulfide) groups is 1. The van der Waals surface area contributed by atoms with Gasteiger partial charge in [0.1, 0.15) is 0 Å². The SMILES string of the molecule is Cc1ccc(N(CCC#N)C(=O)C(C)Sc2ccc(C)cc2C)cc1. The Morgan fingerprint density at radius 3 is 2.36 bits per heavy atom. The molecule has 0 fully saturated rings. The van der Waals surface area contributed by atoms with Gasteiger partial charge in [-0.3, -0.25) is 4.79 Å². The van der Waals surface area contributed by atoms with Crippen molar-refractivity contribution in [1.82, 2.24) is 0 Å². The highest BCUT2D eigenvalue weighted by molar-refractivity contribution is 8.00. The van der Waals surface area contributed by atoms with E-state index in [2.05, 4.69) is 38.1 Å². The summed E-state index contributed by atoms with van der Waals surface area (Å²) < 4.78 is 0. The first-order valence-corrected chi connectivity index (χ1v) is 9.29. The number of hydrogen-bond acceptors (Lipinski definition) is 3. The molecular weight excluding hydrogens is 328 g/mol. The summed E-state index contributed by atoms with van der Waals surface area (Å²) in [6.07, 6.45) is 0.320. The molecule has 2 rings (SSSR count). The van der Waals surface area contributed by atoms with Gasteiger partial charge in [0.25, 0.3) is 0 Å². The Hall–Kier alpha value is -2.25. The Morgan fingerprint density at radius 1 is 1.12 bits per heavy atom. The highest BCUT2D eigenvalue weighted by atomic mass is 32.2. The van der Waals surface area contributed by atoms with E-state index in [1.807, 2.05) is 38.1 Å². The topological polar surface area (TPSA) is 44.1 Å². The largest absolute Gasteiger partial charge is 0.310 e. The summed E-state index contributed by atoms with van der Waals surface area (Å²) in [5.41, 5.74) is 4.40. The maximum atomic E-state index is 13.0. The maximum Gasteiger partial charge on any atom is 0.240 e. The summed E-state index contributed by atoms with van der Waals surface area (Å²) in [4.78, 5) is 15.9. The van der Waals surface area contributed by atoms with Crippen LogP contribution >= 0.6 is 11.8 Å². The highest BCUT2D eigenvalue weighted by Crippen LogP contribution is 2.29. The summed E-state index contributed by atoms with van der Waals surface area (Å²) >= 11 is 1.57. The standard InChI is InChI=1S/C21H24N2OS/c1-15-6-9-19(10-7-15)23(13-5-12-22)21(24)18(4)25-20-11-8-16(2)14-17(20)3/h6-11,14,18H,5,13H2,1-4H3. The molecule has 1 unspecified atom stereocenters. The van der Waals surface area contributed by atoms with Crippen LogP contribution in [0.3, 0.4) is 0 Å². The van der Waals surface area contributed by atoms with Crippen molar-refractivity contribution in [2.45, 2.75) is 44.3 Å². The number of rotatable bonds is 6. The van der Waals surface area contributed by atoms with Crippen LogP contribution in [-0.2, 0) is 4.79 Å². The summed E-state index contributed by atoms with van der Waals surface area (Å²) in [7, 11) is 0. The van der Waals surface area contributed by atoms with Gasteiger partial charge in [-0.05, 0) is 51.5 Å².